The highest BCUT2D eigenvalue weighted by Gasteiger charge is 2.28. The molecule has 6 aromatic heterocycles. The minimum absolute atomic E-state index is 0. The first-order valence-corrected chi connectivity index (χ1v) is 19.4. The number of hydrogen-bond donors (Lipinski definition) is 3. The molecule has 2 aromatic carbocycles. The van der Waals surface area contributed by atoms with E-state index in [1.807, 2.05) is 80.8 Å². The maximum absolute atomic E-state index is 12.6. The summed E-state index contributed by atoms with van der Waals surface area (Å²) in [4.78, 5) is 45.2. The van der Waals surface area contributed by atoms with Crippen LogP contribution in [0.5, 0.6) is 0 Å². The van der Waals surface area contributed by atoms with Crippen LogP contribution in [0.1, 0.15) is 52.6 Å². The molecule has 0 spiro atoms. The number of carboxylic acids is 1. The molecular formula is C45H48N10O5. The van der Waals surface area contributed by atoms with E-state index in [9.17, 15) is 9.59 Å². The van der Waals surface area contributed by atoms with Gasteiger partial charge in [-0.2, -0.15) is 0 Å². The van der Waals surface area contributed by atoms with Crippen LogP contribution in [-0.4, -0.2) is 84.0 Å². The van der Waals surface area contributed by atoms with E-state index in [0.717, 1.165) is 78.4 Å². The molecule has 308 valence electrons. The number of nitrogens with two attached hydrogens (primary N) is 1. The summed E-state index contributed by atoms with van der Waals surface area (Å²) in [5, 5.41) is 11.7. The van der Waals surface area contributed by atoms with Gasteiger partial charge < -0.3 is 43.6 Å². The Balaban J connectivity index is 0.000000148. The lowest BCUT2D eigenvalue weighted by molar-refractivity contribution is 0.0690. The minimum atomic E-state index is -1.09. The van der Waals surface area contributed by atoms with Crippen molar-refractivity contribution in [2.24, 2.45) is 5.73 Å². The SMILES string of the molecule is C.Cc1cn2cccc2c(N2CC[C@H](N)C2)n1.Cc1cn2cccc2c(N2CC[C@H](NC(=O)c3coc(-c4ccccc4)n3)C2)n1.O=C(O)c1coc(-c2ccccc2)n1. The fourth-order valence-electron chi connectivity index (χ4n) is 7.25. The van der Waals surface area contributed by atoms with Crippen molar-refractivity contribution >= 4 is 34.5 Å². The number of anilines is 2. The number of aromatic nitrogens is 6. The van der Waals surface area contributed by atoms with E-state index in [0.29, 0.717) is 24.0 Å². The van der Waals surface area contributed by atoms with Gasteiger partial charge in [-0.3, -0.25) is 4.79 Å². The molecule has 2 atom stereocenters. The predicted octanol–water partition coefficient (Wildman–Crippen LogP) is 7.16. The second kappa shape index (κ2) is 18.1. The number of oxazole rings is 2. The van der Waals surface area contributed by atoms with Gasteiger partial charge in [0.05, 0.1) is 22.4 Å². The van der Waals surface area contributed by atoms with Gasteiger partial charge in [0, 0.05) is 74.2 Å². The fraction of sp³-hybridized carbons (Fsp3) is 0.244. The van der Waals surface area contributed by atoms with Gasteiger partial charge in [0.1, 0.15) is 12.5 Å². The first kappa shape index (κ1) is 40.9. The number of nitrogens with one attached hydrogen (secondary N) is 1. The van der Waals surface area contributed by atoms with Crippen LogP contribution in [0.25, 0.3) is 33.9 Å². The molecule has 15 heteroatoms. The van der Waals surface area contributed by atoms with Crippen LogP contribution in [0, 0.1) is 13.8 Å². The van der Waals surface area contributed by atoms with Crippen molar-refractivity contribution in [1.82, 2.24) is 34.1 Å². The first-order chi connectivity index (χ1) is 28.7. The lowest BCUT2D eigenvalue weighted by Gasteiger charge is -2.19. The summed E-state index contributed by atoms with van der Waals surface area (Å²) in [5.74, 6) is 1.49. The lowest BCUT2D eigenvalue weighted by Crippen LogP contribution is -2.37. The number of carboxylic acid groups (broad SMARTS) is 1. The summed E-state index contributed by atoms with van der Waals surface area (Å²) in [6, 6.07) is 27.3. The van der Waals surface area contributed by atoms with E-state index in [4.69, 9.17) is 24.7 Å². The van der Waals surface area contributed by atoms with Crippen molar-refractivity contribution in [3.05, 3.63) is 145 Å². The van der Waals surface area contributed by atoms with E-state index in [2.05, 4.69) is 69.5 Å². The molecule has 15 nitrogen and oxygen atoms in total. The number of carbonyl (C=O) groups excluding carboxylic acids is 1. The summed E-state index contributed by atoms with van der Waals surface area (Å²) >= 11 is 0. The van der Waals surface area contributed by atoms with Crippen molar-refractivity contribution < 1.29 is 23.5 Å². The number of hydrogen-bond acceptors (Lipinski definition) is 11. The maximum atomic E-state index is 12.6. The van der Waals surface area contributed by atoms with Gasteiger partial charge in [-0.25, -0.2) is 24.7 Å². The molecule has 2 aliphatic heterocycles. The normalized spacial score (nSPS) is 15.8. The molecule has 2 aliphatic rings. The number of amides is 1. The Hall–Kier alpha value is -7.26. The lowest BCUT2D eigenvalue weighted by atomic mass is 10.2. The Morgan fingerprint density at radius 2 is 1.18 bits per heavy atom. The Morgan fingerprint density at radius 3 is 1.68 bits per heavy atom. The Morgan fingerprint density at radius 1 is 0.683 bits per heavy atom. The van der Waals surface area contributed by atoms with Crippen molar-refractivity contribution in [2.45, 2.75) is 46.2 Å². The highest BCUT2D eigenvalue weighted by Crippen LogP contribution is 2.26. The molecule has 10 rings (SSSR count). The van der Waals surface area contributed by atoms with Crippen molar-refractivity contribution in [3.63, 3.8) is 0 Å². The number of carbonyl (C=O) groups is 2. The summed E-state index contributed by atoms with van der Waals surface area (Å²) in [6.45, 7) is 7.50. The summed E-state index contributed by atoms with van der Waals surface area (Å²) in [7, 11) is 0. The molecule has 8 heterocycles. The summed E-state index contributed by atoms with van der Waals surface area (Å²) in [6.07, 6.45) is 12.6. The van der Waals surface area contributed by atoms with Crippen LogP contribution in [0.2, 0.25) is 0 Å². The summed E-state index contributed by atoms with van der Waals surface area (Å²) in [5.41, 5.74) is 12.0. The Kier molecular flexibility index (Phi) is 12.4. The average Bonchev–Trinajstić information content (AvgIpc) is 4.10. The smallest absolute Gasteiger partial charge is 0.357 e. The third kappa shape index (κ3) is 9.21. The molecule has 0 saturated carbocycles. The molecule has 1 amide bonds. The van der Waals surface area contributed by atoms with E-state index < -0.39 is 5.97 Å². The van der Waals surface area contributed by atoms with Crippen LogP contribution in [0.3, 0.4) is 0 Å². The number of fused-ring (bicyclic) bond motifs is 2. The monoisotopic (exact) mass is 808 g/mol. The highest BCUT2D eigenvalue weighted by atomic mass is 16.4. The highest BCUT2D eigenvalue weighted by molar-refractivity contribution is 5.92. The number of aromatic carboxylic acids is 1. The Labute approximate surface area is 347 Å². The van der Waals surface area contributed by atoms with E-state index in [1.165, 1.54) is 11.8 Å². The minimum Gasteiger partial charge on any atom is -0.476 e. The zero-order valence-corrected chi connectivity index (χ0v) is 32.7. The molecule has 0 bridgehead atoms. The van der Waals surface area contributed by atoms with E-state index in [-0.39, 0.29) is 31.1 Å². The van der Waals surface area contributed by atoms with Gasteiger partial charge in [0.2, 0.25) is 11.8 Å². The van der Waals surface area contributed by atoms with Gasteiger partial charge in [-0.1, -0.05) is 43.8 Å². The number of benzene rings is 2. The molecule has 0 radical (unpaired) electrons. The second-order valence-electron chi connectivity index (χ2n) is 14.5. The van der Waals surface area contributed by atoms with Crippen molar-refractivity contribution in [2.75, 3.05) is 36.0 Å². The van der Waals surface area contributed by atoms with Gasteiger partial charge in [0.15, 0.2) is 23.0 Å². The average molecular weight is 809 g/mol. The topological polar surface area (TPSA) is 186 Å². The molecule has 0 unspecified atom stereocenters. The fourth-order valence-corrected chi connectivity index (χ4v) is 7.25. The predicted molar refractivity (Wildman–Crippen MR) is 230 cm³/mol. The summed E-state index contributed by atoms with van der Waals surface area (Å²) < 4.78 is 14.7. The molecule has 0 aliphatic carbocycles. The number of rotatable bonds is 7. The molecule has 60 heavy (non-hydrogen) atoms. The maximum Gasteiger partial charge on any atom is 0.357 e. The van der Waals surface area contributed by atoms with Gasteiger partial charge in [-0.05, 0) is 75.2 Å². The first-order valence-electron chi connectivity index (χ1n) is 19.4. The standard InChI is InChI=1S/C22H21N5O2.C12H16N4.C10H7NO3.CH4/c1-15-12-26-10-5-8-19(26)20(23-15)27-11-9-17(13-27)24-21(28)18-14-29-22(25-18)16-6-3-2-4-7-16;1-9-7-15-5-2-3-11(15)12(14-9)16-6-4-10(13)8-16;12-10(13)8-6-14-9(11-8)7-4-2-1-3-5-7;/h2-8,10,12,14,17H,9,11,13H2,1H3,(H,24,28);2-3,5,7,10H,4,6,8,13H2,1H3;1-6H,(H,12,13);1H4/t17-;10-;;/m00../s1. The zero-order chi connectivity index (χ0) is 40.9. The van der Waals surface area contributed by atoms with Gasteiger partial charge in [0.25, 0.3) is 5.91 Å². The van der Waals surface area contributed by atoms with E-state index in [1.54, 1.807) is 12.1 Å². The Bertz CT molecular complexity index is 2690. The van der Waals surface area contributed by atoms with Gasteiger partial charge in [-0.15, -0.1) is 0 Å². The zero-order valence-electron chi connectivity index (χ0n) is 32.7. The van der Waals surface area contributed by atoms with Crippen LogP contribution >= 0.6 is 0 Å². The molecule has 2 saturated heterocycles. The molecular weight excluding hydrogens is 761 g/mol. The number of nitrogens with zero attached hydrogens (tertiary/aromatic N) is 8. The van der Waals surface area contributed by atoms with Crippen LogP contribution in [0.4, 0.5) is 11.6 Å². The quantitative estimate of drug-likeness (QED) is 0.148. The van der Waals surface area contributed by atoms with Crippen molar-refractivity contribution in [3.8, 4) is 22.9 Å². The second-order valence-corrected chi connectivity index (χ2v) is 14.5. The largest absolute Gasteiger partial charge is 0.476 e. The number of aryl methyl sites for hydroxylation is 2. The van der Waals surface area contributed by atoms with Crippen LogP contribution < -0.4 is 20.9 Å². The third-order valence-electron chi connectivity index (χ3n) is 10.1. The molecule has 8 aromatic rings. The van der Waals surface area contributed by atoms with Crippen molar-refractivity contribution in [1.29, 1.82) is 0 Å². The van der Waals surface area contributed by atoms with E-state index >= 15 is 0 Å². The third-order valence-corrected chi connectivity index (χ3v) is 10.1. The molecule has 4 N–H and O–H groups in total. The van der Waals surface area contributed by atoms with Crippen LogP contribution in [0.15, 0.2) is 131 Å². The molecule has 2 fully saturated rings. The van der Waals surface area contributed by atoms with Gasteiger partial charge >= 0.3 is 5.97 Å². The van der Waals surface area contributed by atoms with Crippen LogP contribution in [-0.2, 0) is 0 Å².